The van der Waals surface area contributed by atoms with E-state index in [2.05, 4.69) is 54.8 Å². The van der Waals surface area contributed by atoms with Gasteiger partial charge in [-0.05, 0) is 124 Å². The molecule has 80 heavy (non-hydrogen) atoms. The minimum Gasteiger partial charge on any atom is -0.461 e. The number of Topliss-reactive ketones (excluding diaryl/α,β-unsaturated/α-hetero) is 2. The largest absolute Gasteiger partial charge is 0.461 e. The molecule has 4 aliphatic carbocycles. The van der Waals surface area contributed by atoms with Gasteiger partial charge in [0.1, 0.15) is 30.5 Å². The molecule has 16 nitrogen and oxygen atoms in total. The van der Waals surface area contributed by atoms with Gasteiger partial charge in [-0.1, -0.05) is 109 Å². The van der Waals surface area contributed by atoms with Crippen LogP contribution in [0.1, 0.15) is 131 Å². The number of nitrogens with two attached hydrogens (primary N) is 1. The molecule has 0 unspecified atom stereocenters. The van der Waals surface area contributed by atoms with E-state index in [-0.39, 0.29) is 116 Å². The van der Waals surface area contributed by atoms with Crippen LogP contribution in [-0.2, 0) is 52.9 Å². The number of carbonyl (C=O) groups excluding carboxylic acids is 6. The van der Waals surface area contributed by atoms with Gasteiger partial charge in [0.2, 0.25) is 11.8 Å². The molecule has 2 bridgehead atoms. The highest BCUT2D eigenvalue weighted by Gasteiger charge is 2.49. The Labute approximate surface area is 464 Å². The SMILES string of the molecule is CC(C)[C@H](CC(=O)CCCCCNC(=O)OCC1c2ccccc2-c2ccccc21)C(=O)N[C@@H](CCCCC(N)=O)C(=O)Cc1ccc(COC(=O)[C@H]2C3CCC(CC3)[C@@H]2Cc2nc(-c3c[nH]c4ncc(F)cc34)nc[n+]2F)cc1. The van der Waals surface area contributed by atoms with E-state index >= 15 is 4.48 Å². The fourth-order valence-electron chi connectivity index (χ4n) is 12.3. The van der Waals surface area contributed by atoms with Crippen LogP contribution in [0, 0.1) is 41.3 Å². The van der Waals surface area contributed by atoms with Crippen LogP contribution >= 0.6 is 0 Å². The van der Waals surface area contributed by atoms with Crippen LogP contribution in [0.3, 0.4) is 0 Å². The van der Waals surface area contributed by atoms with Gasteiger partial charge in [0.05, 0.1) is 23.7 Å². The summed E-state index contributed by atoms with van der Waals surface area (Å²) in [7, 11) is 0. The summed E-state index contributed by atoms with van der Waals surface area (Å²) < 4.78 is 41.1. The number of carbonyl (C=O) groups is 6. The Morgan fingerprint density at radius 3 is 2.21 bits per heavy atom. The van der Waals surface area contributed by atoms with Crippen molar-refractivity contribution < 1.29 is 51.9 Å². The molecule has 3 aromatic carbocycles. The van der Waals surface area contributed by atoms with E-state index in [0.29, 0.717) is 71.2 Å². The van der Waals surface area contributed by atoms with Crippen molar-refractivity contribution in [3.05, 3.63) is 131 Å². The first-order valence-corrected chi connectivity index (χ1v) is 28.2. The van der Waals surface area contributed by atoms with Crippen molar-refractivity contribution in [3.8, 4) is 22.5 Å². The minimum absolute atomic E-state index is 0.00248. The third-order valence-corrected chi connectivity index (χ3v) is 16.6. The second-order valence-corrected chi connectivity index (χ2v) is 22.2. The van der Waals surface area contributed by atoms with E-state index in [1.807, 2.05) is 38.1 Å². The summed E-state index contributed by atoms with van der Waals surface area (Å²) in [6, 6.07) is 23.9. The van der Waals surface area contributed by atoms with Crippen LogP contribution in [0.15, 0.2) is 97.6 Å². The van der Waals surface area contributed by atoms with Crippen LogP contribution in [-0.4, -0.2) is 74.6 Å². The third kappa shape index (κ3) is 14.0. The minimum atomic E-state index is -0.869. The van der Waals surface area contributed by atoms with Crippen LogP contribution in [0.25, 0.3) is 33.5 Å². The Hall–Kier alpha value is -7.76. The summed E-state index contributed by atoms with van der Waals surface area (Å²) in [6.45, 7) is 4.37. The van der Waals surface area contributed by atoms with Gasteiger partial charge in [0.15, 0.2) is 5.78 Å². The standard InChI is InChI=1S/C62H70F2N8O8/c1-37(2)48(30-43(73)12-4-3-11-27-66-62(78)80-35-52-46-15-7-5-13-44(46)45-14-6-8-16-47(45)52)60(76)70-53(17-9-10-18-55(65)75)54(74)28-38-19-21-39(22-20-38)34-79-61(77)57-41-25-23-40(24-26-41)49(57)31-56-71-59(69-36-72(56)64)51-33-68-58-50(51)29-42(63)32-67-58/h5-8,13-16,19-22,29,32-33,36-37,40-41,48-49,52-53,57H,3-4,9-12,17-18,23-28,30-31,34-35H2,1-2H3,(H4,65,66,70,75,76,78)/p+1/t40?,41?,48-,49-,53-,57-/m0/s1. The normalized spacial score (nSPS) is 18.1. The van der Waals surface area contributed by atoms with E-state index in [9.17, 15) is 33.2 Å². The predicted molar refractivity (Wildman–Crippen MR) is 294 cm³/mol. The number of rotatable bonds is 27. The summed E-state index contributed by atoms with van der Waals surface area (Å²) in [6.07, 6.45) is 10.6. The highest BCUT2D eigenvalue weighted by Crippen LogP contribution is 2.50. The number of hydrogen-bond donors (Lipinski definition) is 4. The zero-order chi connectivity index (χ0) is 56.3. The van der Waals surface area contributed by atoms with Crippen molar-refractivity contribution in [2.75, 3.05) is 13.2 Å². The predicted octanol–water partition coefficient (Wildman–Crippen LogP) is 9.49. The van der Waals surface area contributed by atoms with Gasteiger partial charge < -0.3 is 30.8 Å². The second kappa shape index (κ2) is 26.5. The summed E-state index contributed by atoms with van der Waals surface area (Å²) in [5, 5.41) is 6.25. The molecule has 18 heteroatoms. The lowest BCUT2D eigenvalue weighted by Gasteiger charge is -2.47. The number of fused-ring (bicyclic) bond motifs is 7. The molecule has 6 aromatic rings. The van der Waals surface area contributed by atoms with Crippen LogP contribution in [0.4, 0.5) is 13.7 Å². The third-order valence-electron chi connectivity index (χ3n) is 16.6. The number of aromatic nitrogens is 5. The van der Waals surface area contributed by atoms with Crippen molar-refractivity contribution in [1.82, 2.24) is 30.6 Å². The Bertz CT molecular complexity index is 3150. The number of unbranched alkanes of at least 4 members (excludes halogenated alkanes) is 3. The number of halogens is 2. The topological polar surface area (TPSA) is 229 Å². The van der Waals surface area contributed by atoms with Crippen LogP contribution < -0.4 is 21.2 Å². The molecule has 3 fully saturated rings. The molecule has 4 aliphatic rings. The maximum absolute atomic E-state index is 15.4. The van der Waals surface area contributed by atoms with Gasteiger partial charge in [-0.25, -0.2) is 14.2 Å². The van der Waals surface area contributed by atoms with E-state index in [1.54, 1.807) is 30.5 Å². The van der Waals surface area contributed by atoms with Crippen LogP contribution in [0.2, 0.25) is 0 Å². The summed E-state index contributed by atoms with van der Waals surface area (Å²) in [4.78, 5) is 95.5. The van der Waals surface area contributed by atoms with Gasteiger partial charge in [0.25, 0.3) is 12.2 Å². The smallest absolute Gasteiger partial charge is 0.407 e. The lowest BCUT2D eigenvalue weighted by Crippen LogP contribution is -2.47. The fraction of sp³-hybridized carbons (Fsp3) is 0.452. The number of primary amides is 1. The number of aromatic amines is 1. The Morgan fingerprint density at radius 2 is 1.50 bits per heavy atom. The Balaban J connectivity index is 0.733. The van der Waals surface area contributed by atoms with E-state index < -0.39 is 35.7 Å². The number of benzene rings is 3. The van der Waals surface area contributed by atoms with Crippen LogP contribution in [0.5, 0.6) is 0 Å². The number of nitrogens with one attached hydrogen (secondary N) is 3. The molecule has 3 saturated carbocycles. The fourth-order valence-corrected chi connectivity index (χ4v) is 12.3. The summed E-state index contributed by atoms with van der Waals surface area (Å²) in [5.74, 6) is -2.98. The number of alkyl carbamates (subject to hydrolysis) is 1. The van der Waals surface area contributed by atoms with Crippen molar-refractivity contribution in [3.63, 3.8) is 0 Å². The highest BCUT2D eigenvalue weighted by atomic mass is 19.2. The average Bonchev–Trinajstić information content (AvgIpc) is 4.13. The number of nitrogens with zero attached hydrogens (tertiary/aromatic N) is 4. The number of hydrogen-bond acceptors (Lipinski definition) is 11. The molecule has 3 heterocycles. The summed E-state index contributed by atoms with van der Waals surface area (Å²) >= 11 is 0. The maximum Gasteiger partial charge on any atom is 0.407 e. The molecule has 0 saturated heterocycles. The zero-order valence-electron chi connectivity index (χ0n) is 45.5. The van der Waals surface area contributed by atoms with E-state index in [4.69, 9.17) is 15.2 Å². The monoisotopic (exact) mass is 1090 g/mol. The number of amides is 3. The van der Waals surface area contributed by atoms with Crippen molar-refractivity contribution >= 4 is 46.5 Å². The molecule has 4 atom stereocenters. The number of pyridine rings is 1. The average molecular weight is 1090 g/mol. The highest BCUT2D eigenvalue weighted by molar-refractivity contribution is 5.93. The molecular formula is C62H71F2N8O8+. The van der Waals surface area contributed by atoms with Gasteiger partial charge in [-0.3, -0.25) is 24.0 Å². The van der Waals surface area contributed by atoms with Crippen molar-refractivity contribution in [1.29, 1.82) is 0 Å². The Kier molecular flexibility index (Phi) is 18.8. The molecule has 10 rings (SSSR count). The molecular weight excluding hydrogens is 1020 g/mol. The zero-order valence-corrected chi connectivity index (χ0v) is 45.5. The molecule has 3 amide bonds. The maximum atomic E-state index is 15.4. The van der Waals surface area contributed by atoms with E-state index in [1.165, 1.54) is 6.07 Å². The second-order valence-electron chi connectivity index (χ2n) is 22.2. The summed E-state index contributed by atoms with van der Waals surface area (Å²) in [5.41, 5.74) is 12.3. The molecule has 3 aromatic heterocycles. The Morgan fingerprint density at radius 1 is 0.812 bits per heavy atom. The molecule has 5 N–H and O–H groups in total. The molecule has 0 radical (unpaired) electrons. The van der Waals surface area contributed by atoms with E-state index in [0.717, 1.165) is 60.5 Å². The quantitative estimate of drug-likeness (QED) is 0.0280. The number of ketones is 2. The number of esters is 1. The lowest BCUT2D eigenvalue weighted by atomic mass is 9.57. The van der Waals surface area contributed by atoms with Gasteiger partial charge in [0, 0.05) is 62.1 Å². The van der Waals surface area contributed by atoms with Crippen molar-refractivity contribution in [2.45, 2.75) is 129 Å². The molecule has 0 spiro atoms. The van der Waals surface area contributed by atoms with Crippen molar-refractivity contribution in [2.24, 2.45) is 41.2 Å². The number of ether oxygens (including phenoxy) is 2. The van der Waals surface area contributed by atoms with Gasteiger partial charge >= 0.3 is 17.9 Å². The molecule has 420 valence electrons. The first-order valence-electron chi connectivity index (χ1n) is 28.2. The lowest BCUT2D eigenvalue weighted by molar-refractivity contribution is -0.854. The van der Waals surface area contributed by atoms with Gasteiger partial charge in [-0.15, -0.1) is 0 Å². The first-order chi connectivity index (χ1) is 38.7. The first kappa shape index (κ1) is 56.9. The molecule has 0 aliphatic heterocycles. The number of H-pyrrole nitrogens is 1. The van der Waals surface area contributed by atoms with Gasteiger partial charge in [-0.2, -0.15) is 0 Å².